The number of ether oxygens (including phenoxy) is 2. The Hall–Kier alpha value is -2.84. The highest BCUT2D eigenvalue weighted by molar-refractivity contribution is 5.55. The maximum Gasteiger partial charge on any atom is 0.134 e. The van der Waals surface area contributed by atoms with Gasteiger partial charge in [0.05, 0.1) is 24.3 Å². The molecule has 0 atom stereocenters. The van der Waals surface area contributed by atoms with E-state index in [9.17, 15) is 0 Å². The van der Waals surface area contributed by atoms with E-state index < -0.39 is 0 Å². The standard InChI is InChI=1S/C56H88O2/c1-55(2,3)51-41-43-53-49(47-51)39-35-36-40-50-48-52(56(4,5)6)42-44-54(50)58-46-38-34-32-30-28-26-24-22-20-18-16-14-12-10-8-7-9-11-13-15-17-19-21-23-25-27-29-31-33-37-45-57-53/h41-44,47-48H,7-34,37-38,45-46H2,1-6H3. The summed E-state index contributed by atoms with van der Waals surface area (Å²) >= 11 is 0. The van der Waals surface area contributed by atoms with Gasteiger partial charge < -0.3 is 9.47 Å². The van der Waals surface area contributed by atoms with Crippen LogP contribution in [-0.4, -0.2) is 13.2 Å². The number of rotatable bonds is 0. The molecule has 0 unspecified atom stereocenters. The summed E-state index contributed by atoms with van der Waals surface area (Å²) in [5, 5.41) is 0. The van der Waals surface area contributed by atoms with E-state index in [1.54, 1.807) is 0 Å². The fraction of sp³-hybridized carbons (Fsp3) is 0.714. The molecule has 2 aromatic rings. The number of hydrogen-bond donors (Lipinski definition) is 0. The minimum absolute atomic E-state index is 0.0311. The molecule has 1 aliphatic rings. The first-order chi connectivity index (χ1) is 28.1. The molecule has 0 bridgehead atoms. The van der Waals surface area contributed by atoms with Gasteiger partial charge in [0.2, 0.25) is 0 Å². The van der Waals surface area contributed by atoms with Gasteiger partial charge in [-0.15, -0.1) is 0 Å². The predicted molar refractivity (Wildman–Crippen MR) is 254 cm³/mol. The van der Waals surface area contributed by atoms with Crippen LogP contribution in [0.3, 0.4) is 0 Å². The van der Waals surface area contributed by atoms with Gasteiger partial charge in [0.15, 0.2) is 0 Å². The zero-order valence-electron chi connectivity index (χ0n) is 38.9. The monoisotopic (exact) mass is 793 g/mol. The van der Waals surface area contributed by atoms with Crippen molar-refractivity contribution in [1.82, 2.24) is 0 Å². The van der Waals surface area contributed by atoms with Gasteiger partial charge in [-0.1, -0.05) is 233 Å². The third-order valence-corrected chi connectivity index (χ3v) is 12.2. The summed E-state index contributed by atoms with van der Waals surface area (Å²) in [5.41, 5.74) is 4.42. The van der Waals surface area contributed by atoms with Crippen LogP contribution in [0.25, 0.3) is 0 Å². The Morgan fingerprint density at radius 2 is 0.552 bits per heavy atom. The van der Waals surface area contributed by atoms with Crippen LogP contribution in [0.4, 0.5) is 0 Å². The maximum atomic E-state index is 6.36. The SMILES string of the molecule is CC(C)(C)c1ccc2c(c1)C#CC#Cc1cc(C(C)(C)C)ccc1OCCCCCCCCCCCCCCCCCCCCCCCCCCCCCCCCO2. The molecule has 58 heavy (non-hydrogen) atoms. The van der Waals surface area contributed by atoms with E-state index in [0.717, 1.165) is 48.7 Å². The third kappa shape index (κ3) is 23.1. The van der Waals surface area contributed by atoms with Crippen LogP contribution in [0.2, 0.25) is 0 Å². The molecular formula is C56H88O2. The molecule has 0 aromatic heterocycles. The van der Waals surface area contributed by atoms with Crippen molar-refractivity contribution >= 4 is 0 Å². The van der Waals surface area contributed by atoms with Crippen molar-refractivity contribution in [2.75, 3.05) is 13.2 Å². The Morgan fingerprint density at radius 3 is 0.776 bits per heavy atom. The summed E-state index contributed by atoms with van der Waals surface area (Å²) in [4.78, 5) is 0. The summed E-state index contributed by atoms with van der Waals surface area (Å²) in [6, 6.07) is 13.0. The average molecular weight is 793 g/mol. The van der Waals surface area contributed by atoms with Crippen LogP contribution < -0.4 is 9.47 Å². The zero-order valence-corrected chi connectivity index (χ0v) is 38.9. The molecular weight excluding hydrogens is 705 g/mol. The molecule has 1 aliphatic heterocycles. The summed E-state index contributed by atoms with van der Waals surface area (Å²) in [6.45, 7) is 15.0. The second-order valence-electron chi connectivity index (χ2n) is 19.7. The zero-order chi connectivity index (χ0) is 41.6. The Kier molecular flexibility index (Phi) is 25.8. The molecule has 0 amide bonds. The highest BCUT2D eigenvalue weighted by Crippen LogP contribution is 2.30. The molecule has 1 heterocycles. The Labute approximate surface area is 360 Å². The molecule has 2 aromatic carbocycles. The van der Waals surface area contributed by atoms with E-state index in [0.29, 0.717) is 0 Å². The van der Waals surface area contributed by atoms with Crippen molar-refractivity contribution in [3.05, 3.63) is 58.7 Å². The predicted octanol–water partition coefficient (Wildman–Crippen LogP) is 17.2. The van der Waals surface area contributed by atoms with Gasteiger partial charge in [0.1, 0.15) is 11.5 Å². The lowest BCUT2D eigenvalue weighted by Crippen LogP contribution is -2.11. The van der Waals surface area contributed by atoms with E-state index in [-0.39, 0.29) is 10.8 Å². The fourth-order valence-electron chi connectivity index (χ4n) is 8.16. The lowest BCUT2D eigenvalue weighted by Gasteiger charge is -2.20. The van der Waals surface area contributed by atoms with Gasteiger partial charge in [-0.25, -0.2) is 0 Å². The number of hydrogen-bond acceptors (Lipinski definition) is 2. The normalized spacial score (nSPS) is 19.0. The fourth-order valence-corrected chi connectivity index (χ4v) is 8.16. The molecule has 0 N–H and O–H groups in total. The molecule has 0 aliphatic carbocycles. The first-order valence-corrected chi connectivity index (χ1v) is 24.7. The first-order valence-electron chi connectivity index (χ1n) is 24.7. The van der Waals surface area contributed by atoms with Crippen molar-refractivity contribution in [3.8, 4) is 35.2 Å². The van der Waals surface area contributed by atoms with E-state index in [2.05, 4.69) is 102 Å². The summed E-state index contributed by atoms with van der Waals surface area (Å²) in [5.74, 6) is 14.9. The van der Waals surface area contributed by atoms with Crippen LogP contribution in [0, 0.1) is 23.7 Å². The lowest BCUT2D eigenvalue weighted by atomic mass is 9.86. The molecule has 2 nitrogen and oxygen atoms in total. The van der Waals surface area contributed by atoms with Crippen molar-refractivity contribution in [2.45, 2.75) is 245 Å². The van der Waals surface area contributed by atoms with Crippen molar-refractivity contribution in [2.24, 2.45) is 0 Å². The first kappa shape index (κ1) is 49.5. The van der Waals surface area contributed by atoms with E-state index in [1.807, 2.05) is 0 Å². The number of benzene rings is 2. The van der Waals surface area contributed by atoms with E-state index in [4.69, 9.17) is 9.47 Å². The van der Waals surface area contributed by atoms with E-state index >= 15 is 0 Å². The van der Waals surface area contributed by atoms with Gasteiger partial charge in [-0.2, -0.15) is 0 Å². The van der Waals surface area contributed by atoms with Gasteiger partial charge in [-0.3, -0.25) is 0 Å². The lowest BCUT2D eigenvalue weighted by molar-refractivity contribution is 0.303. The van der Waals surface area contributed by atoms with Crippen LogP contribution >= 0.6 is 0 Å². The van der Waals surface area contributed by atoms with Crippen molar-refractivity contribution in [3.63, 3.8) is 0 Å². The molecule has 0 radical (unpaired) electrons. The summed E-state index contributed by atoms with van der Waals surface area (Å²) in [7, 11) is 0. The number of fused-ring (bicyclic) bond motifs is 2. The highest BCUT2D eigenvalue weighted by Gasteiger charge is 2.17. The topological polar surface area (TPSA) is 18.5 Å². The van der Waals surface area contributed by atoms with Gasteiger partial charge in [0.25, 0.3) is 0 Å². The molecule has 2 heteroatoms. The third-order valence-electron chi connectivity index (χ3n) is 12.2. The van der Waals surface area contributed by atoms with Crippen LogP contribution in [0.1, 0.15) is 256 Å². The molecule has 0 fully saturated rings. The van der Waals surface area contributed by atoms with Crippen LogP contribution in [-0.2, 0) is 10.8 Å². The minimum atomic E-state index is 0.0311. The van der Waals surface area contributed by atoms with Gasteiger partial charge in [-0.05, 0) is 82.7 Å². The van der Waals surface area contributed by atoms with Crippen LogP contribution in [0.15, 0.2) is 36.4 Å². The highest BCUT2D eigenvalue weighted by atomic mass is 16.5. The van der Waals surface area contributed by atoms with Crippen molar-refractivity contribution in [1.29, 1.82) is 0 Å². The maximum absolute atomic E-state index is 6.36. The van der Waals surface area contributed by atoms with Crippen LogP contribution in [0.5, 0.6) is 11.5 Å². The van der Waals surface area contributed by atoms with Gasteiger partial charge >= 0.3 is 0 Å². The smallest absolute Gasteiger partial charge is 0.134 e. The van der Waals surface area contributed by atoms with Crippen molar-refractivity contribution < 1.29 is 9.47 Å². The molecule has 324 valence electrons. The summed E-state index contributed by atoms with van der Waals surface area (Å²) in [6.07, 6.45) is 41.5. The molecule has 0 saturated heterocycles. The summed E-state index contributed by atoms with van der Waals surface area (Å²) < 4.78 is 12.7. The molecule has 0 saturated carbocycles. The van der Waals surface area contributed by atoms with E-state index in [1.165, 1.54) is 191 Å². The Balaban J connectivity index is 1.57. The second-order valence-corrected chi connectivity index (χ2v) is 19.7. The minimum Gasteiger partial charge on any atom is -0.492 e. The second kappa shape index (κ2) is 30.2. The largest absolute Gasteiger partial charge is 0.492 e. The quantitative estimate of drug-likeness (QED) is 0.247. The van der Waals surface area contributed by atoms with Gasteiger partial charge in [0, 0.05) is 0 Å². The Morgan fingerprint density at radius 1 is 0.328 bits per heavy atom. The average Bonchev–Trinajstić information content (AvgIpc) is 3.19. The molecule has 3 rings (SSSR count). The Bertz CT molecular complexity index is 1370. The molecule has 0 spiro atoms.